The molecule has 0 radical (unpaired) electrons. The number of hydrogen-bond donors (Lipinski definition) is 1. The number of hydrogen-bond acceptors (Lipinski definition) is 4. The summed E-state index contributed by atoms with van der Waals surface area (Å²) >= 11 is 2.02. The van der Waals surface area contributed by atoms with Gasteiger partial charge in [0.25, 0.3) is 5.56 Å². The van der Waals surface area contributed by atoms with Gasteiger partial charge < -0.3 is 4.98 Å². The van der Waals surface area contributed by atoms with E-state index < -0.39 is 9.84 Å². The summed E-state index contributed by atoms with van der Waals surface area (Å²) in [6.07, 6.45) is 4.03. The van der Waals surface area contributed by atoms with Crippen molar-refractivity contribution in [1.29, 1.82) is 0 Å². The number of pyridine rings is 1. The van der Waals surface area contributed by atoms with Crippen molar-refractivity contribution in [2.75, 3.05) is 6.26 Å². The highest BCUT2D eigenvalue weighted by Gasteiger charge is 2.16. The number of fused-ring (bicyclic) bond motifs is 1. The van der Waals surface area contributed by atoms with E-state index >= 15 is 0 Å². The summed E-state index contributed by atoms with van der Waals surface area (Å²) in [6.45, 7) is 0. The Morgan fingerprint density at radius 2 is 2.19 bits per heavy atom. The van der Waals surface area contributed by atoms with E-state index in [0.717, 1.165) is 6.26 Å². The van der Waals surface area contributed by atoms with Gasteiger partial charge in [0.15, 0.2) is 9.84 Å². The van der Waals surface area contributed by atoms with E-state index in [1.807, 2.05) is 21.2 Å². The average Bonchev–Trinajstić information content (AvgIpc) is 2.60. The lowest BCUT2D eigenvalue weighted by Crippen LogP contribution is -2.10. The van der Waals surface area contributed by atoms with E-state index in [1.54, 1.807) is 16.2 Å². The highest BCUT2D eigenvalue weighted by molar-refractivity contribution is 14.2. The molecule has 0 spiro atoms. The Morgan fingerprint density at radius 1 is 1.50 bits per heavy atom. The summed E-state index contributed by atoms with van der Waals surface area (Å²) in [5.41, 5.74) is 0.0684. The first kappa shape index (κ1) is 12.0. The van der Waals surface area contributed by atoms with Crippen molar-refractivity contribution >= 4 is 51.1 Å². The van der Waals surface area contributed by atoms with E-state index in [2.05, 4.69) is 4.98 Å². The molecule has 0 aromatic carbocycles. The van der Waals surface area contributed by atoms with Crippen molar-refractivity contribution < 1.29 is 8.42 Å². The molecule has 1 N–H and O–H groups in total. The quantitative estimate of drug-likeness (QED) is 0.815. The fourth-order valence-corrected chi connectivity index (χ4v) is 3.66. The first-order valence-corrected chi connectivity index (χ1v) is 9.38. The van der Waals surface area contributed by atoms with Crippen LogP contribution in [0.4, 0.5) is 0 Å². The number of halogens is 1. The van der Waals surface area contributed by atoms with Crippen LogP contribution in [0.5, 0.6) is 0 Å². The van der Waals surface area contributed by atoms with Gasteiger partial charge in [0, 0.05) is 54.4 Å². The molecule has 0 aliphatic carbocycles. The Kier molecular flexibility index (Phi) is 3.05. The van der Waals surface area contributed by atoms with Crippen LogP contribution in [0.3, 0.4) is 0 Å². The predicted octanol–water partition coefficient (Wildman–Crippen LogP) is 1.58. The summed E-state index contributed by atoms with van der Waals surface area (Å²) in [5.74, 6) is 0. The Labute approximate surface area is 108 Å². The molecule has 0 fully saturated rings. The minimum atomic E-state index is -3.34. The van der Waals surface area contributed by atoms with E-state index in [9.17, 15) is 13.2 Å². The molecule has 0 amide bonds. The Hall–Kier alpha value is -0.480. The molecular weight excluding hydrogens is 363 g/mol. The molecule has 2 heterocycles. The normalized spacial score (nSPS) is 12.1. The first-order chi connectivity index (χ1) is 7.45. The number of aromatic nitrogens is 2. The molecule has 0 atom stereocenters. The SMILES string of the molecule is CS(=O)(=O)c1c[nH]c(=O)c2c1ccn2SI. The lowest BCUT2D eigenvalue weighted by molar-refractivity contribution is 0.602. The second-order valence-corrected chi connectivity index (χ2v) is 6.92. The topological polar surface area (TPSA) is 71.9 Å². The molecule has 86 valence electrons. The van der Waals surface area contributed by atoms with Gasteiger partial charge in [0.05, 0.1) is 4.90 Å². The number of nitrogens with zero attached hydrogens (tertiary/aromatic N) is 1. The second-order valence-electron chi connectivity index (χ2n) is 3.23. The molecule has 16 heavy (non-hydrogen) atoms. The summed E-state index contributed by atoms with van der Waals surface area (Å²) in [5, 5.41) is 0.454. The molecule has 5 nitrogen and oxygen atoms in total. The van der Waals surface area contributed by atoms with Crippen LogP contribution in [0.15, 0.2) is 28.2 Å². The van der Waals surface area contributed by atoms with Crippen LogP contribution in [0.1, 0.15) is 0 Å². The molecule has 0 saturated heterocycles. The van der Waals surface area contributed by atoms with E-state index in [-0.39, 0.29) is 10.5 Å². The highest BCUT2D eigenvalue weighted by Crippen LogP contribution is 2.26. The molecule has 8 heteroatoms. The average molecular weight is 370 g/mol. The molecular formula is C8H7IN2O3S2. The zero-order chi connectivity index (χ0) is 11.9. The minimum absolute atomic E-state index is 0.145. The van der Waals surface area contributed by atoms with Crippen LogP contribution in [-0.2, 0) is 9.84 Å². The van der Waals surface area contributed by atoms with Crippen LogP contribution >= 0.6 is 30.3 Å². The zero-order valence-electron chi connectivity index (χ0n) is 8.10. The molecule has 2 aromatic rings. The zero-order valence-corrected chi connectivity index (χ0v) is 11.9. The van der Waals surface area contributed by atoms with Gasteiger partial charge >= 0.3 is 0 Å². The maximum atomic E-state index is 11.6. The van der Waals surface area contributed by atoms with Crippen molar-refractivity contribution in [1.82, 2.24) is 8.96 Å². The van der Waals surface area contributed by atoms with Crippen LogP contribution in [0.2, 0.25) is 0 Å². The lowest BCUT2D eigenvalue weighted by atomic mass is 10.3. The van der Waals surface area contributed by atoms with Gasteiger partial charge in [0.1, 0.15) is 5.52 Å². The Balaban J connectivity index is 2.98. The van der Waals surface area contributed by atoms with Gasteiger partial charge in [-0.05, 0) is 6.07 Å². The van der Waals surface area contributed by atoms with Crippen molar-refractivity contribution in [3.8, 4) is 0 Å². The summed E-state index contributed by atoms with van der Waals surface area (Å²) in [7, 11) is -2.03. The van der Waals surface area contributed by atoms with Crippen LogP contribution in [0.25, 0.3) is 10.9 Å². The molecule has 0 aliphatic rings. The Bertz CT molecular complexity index is 702. The lowest BCUT2D eigenvalue weighted by Gasteiger charge is -2.01. The number of H-pyrrole nitrogens is 1. The minimum Gasteiger partial charge on any atom is -0.326 e. The van der Waals surface area contributed by atoms with Gasteiger partial charge in [-0.1, -0.05) is 0 Å². The van der Waals surface area contributed by atoms with Crippen LogP contribution in [-0.4, -0.2) is 23.6 Å². The van der Waals surface area contributed by atoms with E-state index in [0.29, 0.717) is 10.9 Å². The van der Waals surface area contributed by atoms with Crippen molar-refractivity contribution in [3.63, 3.8) is 0 Å². The summed E-state index contributed by atoms with van der Waals surface area (Å²) in [4.78, 5) is 14.2. The maximum absolute atomic E-state index is 11.6. The molecule has 0 saturated carbocycles. The fourth-order valence-electron chi connectivity index (χ4n) is 1.48. The van der Waals surface area contributed by atoms with Gasteiger partial charge in [-0.3, -0.25) is 8.77 Å². The number of aromatic amines is 1. The van der Waals surface area contributed by atoms with E-state index in [4.69, 9.17) is 0 Å². The monoisotopic (exact) mass is 370 g/mol. The molecule has 2 aromatic heterocycles. The largest absolute Gasteiger partial charge is 0.326 e. The first-order valence-electron chi connectivity index (χ1n) is 4.17. The van der Waals surface area contributed by atoms with Crippen LogP contribution < -0.4 is 5.56 Å². The predicted molar refractivity (Wildman–Crippen MR) is 72.7 cm³/mol. The standard InChI is InChI=1S/C8H7IN2O3S2/c1-16(13,14)6-4-10-8(12)7-5(6)2-3-11(7)15-9/h2-4H,1H3,(H,10,12). The number of rotatable bonds is 2. The third-order valence-electron chi connectivity index (χ3n) is 2.14. The maximum Gasteiger partial charge on any atom is 0.273 e. The smallest absolute Gasteiger partial charge is 0.273 e. The van der Waals surface area contributed by atoms with Crippen LogP contribution in [0, 0.1) is 0 Å². The second kappa shape index (κ2) is 4.08. The summed E-state index contributed by atoms with van der Waals surface area (Å²) in [6, 6.07) is 1.63. The van der Waals surface area contributed by atoms with Gasteiger partial charge in [0.2, 0.25) is 0 Å². The van der Waals surface area contributed by atoms with Crippen molar-refractivity contribution in [2.45, 2.75) is 4.90 Å². The molecule has 2 rings (SSSR count). The van der Waals surface area contributed by atoms with Crippen molar-refractivity contribution in [3.05, 3.63) is 28.8 Å². The molecule has 0 aliphatic heterocycles. The highest BCUT2D eigenvalue weighted by atomic mass is 127. The third kappa shape index (κ3) is 1.89. The number of nitrogens with one attached hydrogen (secondary N) is 1. The van der Waals surface area contributed by atoms with Crippen molar-refractivity contribution in [2.24, 2.45) is 0 Å². The fraction of sp³-hybridized carbons (Fsp3) is 0.125. The number of sulfone groups is 1. The van der Waals surface area contributed by atoms with Gasteiger partial charge in [-0.15, -0.1) is 0 Å². The third-order valence-corrected chi connectivity index (χ3v) is 5.00. The van der Waals surface area contributed by atoms with Gasteiger partial charge in [-0.25, -0.2) is 8.42 Å². The van der Waals surface area contributed by atoms with E-state index in [1.165, 1.54) is 15.3 Å². The molecule has 0 unspecified atom stereocenters. The molecule has 0 bridgehead atoms. The Morgan fingerprint density at radius 3 is 2.75 bits per heavy atom. The van der Waals surface area contributed by atoms with Gasteiger partial charge in [-0.2, -0.15) is 0 Å². The summed E-state index contributed by atoms with van der Waals surface area (Å²) < 4.78 is 24.7.